The molecule has 3 heterocycles. The average molecular weight is 400 g/mol. The van der Waals surface area contributed by atoms with E-state index in [1.165, 1.54) is 0 Å². The zero-order valence-corrected chi connectivity index (χ0v) is 16.5. The van der Waals surface area contributed by atoms with Crippen molar-refractivity contribution >= 4 is 41.8 Å². The standard InChI is InChI=1S/C17H21N5O2.2ClH/c1-11(2)22-16-13(10-20-22)12(17(23)19-7-6-18-3)9-14(21-16)15-5-4-8-24-15;;/h4-5,8-11,18H,6-7H2,1-3H3,(H,19,23);2*1H. The number of amides is 1. The number of hydrogen-bond acceptors (Lipinski definition) is 5. The quantitative estimate of drug-likeness (QED) is 0.622. The Morgan fingerprint density at radius 3 is 2.69 bits per heavy atom. The highest BCUT2D eigenvalue weighted by Crippen LogP contribution is 2.26. The number of carbonyl (C=O) groups excluding carboxylic acids is 1. The summed E-state index contributed by atoms with van der Waals surface area (Å²) in [5.74, 6) is 0.478. The summed E-state index contributed by atoms with van der Waals surface area (Å²) in [6.45, 7) is 5.31. The highest BCUT2D eigenvalue weighted by molar-refractivity contribution is 6.06. The van der Waals surface area contributed by atoms with Gasteiger partial charge in [-0.05, 0) is 39.1 Å². The van der Waals surface area contributed by atoms with Crippen molar-refractivity contribution in [1.29, 1.82) is 0 Å². The van der Waals surface area contributed by atoms with E-state index < -0.39 is 0 Å². The molecule has 0 aliphatic heterocycles. The Kier molecular flexibility index (Phi) is 8.08. The molecule has 142 valence electrons. The molecule has 0 spiro atoms. The molecule has 0 fully saturated rings. The van der Waals surface area contributed by atoms with Crippen molar-refractivity contribution in [2.45, 2.75) is 19.9 Å². The topological polar surface area (TPSA) is 85.0 Å². The van der Waals surface area contributed by atoms with Gasteiger partial charge in [-0.3, -0.25) is 4.79 Å². The largest absolute Gasteiger partial charge is 0.463 e. The third kappa shape index (κ3) is 4.35. The van der Waals surface area contributed by atoms with Gasteiger partial charge in [-0.15, -0.1) is 24.8 Å². The van der Waals surface area contributed by atoms with Crippen LogP contribution in [0.1, 0.15) is 30.2 Å². The van der Waals surface area contributed by atoms with Crippen molar-refractivity contribution < 1.29 is 9.21 Å². The Balaban J connectivity index is 0.00000169. The number of fused-ring (bicyclic) bond motifs is 1. The average Bonchev–Trinajstić information content (AvgIpc) is 3.23. The Labute approximate surface area is 164 Å². The second-order valence-corrected chi connectivity index (χ2v) is 5.81. The number of aromatic nitrogens is 3. The van der Waals surface area contributed by atoms with Crippen LogP contribution in [0.5, 0.6) is 0 Å². The fraction of sp³-hybridized carbons (Fsp3) is 0.353. The molecule has 2 N–H and O–H groups in total. The number of hydrogen-bond donors (Lipinski definition) is 2. The van der Waals surface area contributed by atoms with E-state index in [0.717, 1.165) is 5.39 Å². The first-order valence-electron chi connectivity index (χ1n) is 7.96. The molecule has 3 rings (SSSR count). The van der Waals surface area contributed by atoms with Crippen LogP contribution in [0.25, 0.3) is 22.5 Å². The summed E-state index contributed by atoms with van der Waals surface area (Å²) in [6, 6.07) is 5.52. The number of rotatable bonds is 6. The SMILES string of the molecule is CNCCNC(=O)c1cc(-c2ccco2)nc2c1cnn2C(C)C.Cl.Cl. The molecule has 0 saturated carbocycles. The van der Waals surface area contributed by atoms with Gasteiger partial charge in [-0.1, -0.05) is 0 Å². The van der Waals surface area contributed by atoms with Crippen molar-refractivity contribution in [3.8, 4) is 11.5 Å². The lowest BCUT2D eigenvalue weighted by Crippen LogP contribution is -2.30. The van der Waals surface area contributed by atoms with E-state index in [-0.39, 0.29) is 36.8 Å². The van der Waals surface area contributed by atoms with Gasteiger partial charge in [0.2, 0.25) is 0 Å². The molecule has 0 saturated heterocycles. The molecule has 0 aliphatic rings. The van der Waals surface area contributed by atoms with Crippen LogP contribution in [0.15, 0.2) is 35.1 Å². The third-order valence-electron chi connectivity index (χ3n) is 3.73. The minimum atomic E-state index is -0.145. The van der Waals surface area contributed by atoms with Crippen molar-refractivity contribution in [1.82, 2.24) is 25.4 Å². The minimum Gasteiger partial charge on any atom is -0.463 e. The summed E-state index contributed by atoms with van der Waals surface area (Å²) in [5.41, 5.74) is 1.85. The van der Waals surface area contributed by atoms with E-state index in [1.54, 1.807) is 24.6 Å². The summed E-state index contributed by atoms with van der Waals surface area (Å²) < 4.78 is 7.26. The van der Waals surface area contributed by atoms with Crippen molar-refractivity contribution in [2.75, 3.05) is 20.1 Å². The lowest BCUT2D eigenvalue weighted by atomic mass is 10.1. The summed E-state index contributed by atoms with van der Waals surface area (Å²) in [4.78, 5) is 17.3. The maximum atomic E-state index is 12.6. The highest BCUT2D eigenvalue weighted by atomic mass is 35.5. The normalized spacial score (nSPS) is 10.5. The number of carbonyl (C=O) groups is 1. The van der Waals surface area contributed by atoms with Gasteiger partial charge < -0.3 is 15.1 Å². The lowest BCUT2D eigenvalue weighted by molar-refractivity contribution is 0.0955. The molecule has 0 aliphatic carbocycles. The molecule has 26 heavy (non-hydrogen) atoms. The van der Waals surface area contributed by atoms with Crippen LogP contribution in [0.3, 0.4) is 0 Å². The second kappa shape index (κ2) is 9.56. The van der Waals surface area contributed by atoms with Gasteiger partial charge in [0.15, 0.2) is 11.4 Å². The van der Waals surface area contributed by atoms with Gasteiger partial charge in [0.1, 0.15) is 5.69 Å². The Morgan fingerprint density at radius 2 is 2.08 bits per heavy atom. The molecule has 0 unspecified atom stereocenters. The van der Waals surface area contributed by atoms with Crippen LogP contribution < -0.4 is 10.6 Å². The second-order valence-electron chi connectivity index (χ2n) is 5.81. The predicted molar refractivity (Wildman–Crippen MR) is 106 cm³/mol. The monoisotopic (exact) mass is 399 g/mol. The van der Waals surface area contributed by atoms with Gasteiger partial charge >= 0.3 is 0 Å². The number of nitrogens with one attached hydrogen (secondary N) is 2. The van der Waals surface area contributed by atoms with Crippen molar-refractivity contribution in [2.24, 2.45) is 0 Å². The third-order valence-corrected chi connectivity index (χ3v) is 3.73. The first-order valence-corrected chi connectivity index (χ1v) is 7.96. The molecule has 0 aromatic carbocycles. The van der Waals surface area contributed by atoms with E-state index >= 15 is 0 Å². The van der Waals surface area contributed by atoms with E-state index in [1.807, 2.05) is 31.6 Å². The van der Waals surface area contributed by atoms with Crippen LogP contribution in [-0.2, 0) is 0 Å². The Bertz CT molecular complexity index is 846. The minimum absolute atomic E-state index is 0. The number of likely N-dealkylation sites (N-methyl/N-ethyl adjacent to an activating group) is 1. The molecule has 0 radical (unpaired) electrons. The molecule has 3 aromatic rings. The lowest BCUT2D eigenvalue weighted by Gasteiger charge is -2.10. The van der Waals surface area contributed by atoms with E-state index in [9.17, 15) is 4.79 Å². The van der Waals surface area contributed by atoms with Crippen LogP contribution in [0.4, 0.5) is 0 Å². The molecular weight excluding hydrogens is 377 g/mol. The summed E-state index contributed by atoms with van der Waals surface area (Å²) >= 11 is 0. The van der Waals surface area contributed by atoms with E-state index in [2.05, 4.69) is 20.7 Å². The highest BCUT2D eigenvalue weighted by Gasteiger charge is 2.19. The van der Waals surface area contributed by atoms with Crippen molar-refractivity contribution in [3.05, 3.63) is 36.2 Å². The van der Waals surface area contributed by atoms with E-state index in [4.69, 9.17) is 4.42 Å². The first-order chi connectivity index (χ1) is 11.6. The number of furan rings is 1. The number of nitrogens with zero attached hydrogens (tertiary/aromatic N) is 3. The van der Waals surface area contributed by atoms with Gasteiger partial charge in [0.25, 0.3) is 5.91 Å². The fourth-order valence-corrected chi connectivity index (χ4v) is 2.53. The smallest absolute Gasteiger partial charge is 0.252 e. The number of halogens is 2. The van der Waals surface area contributed by atoms with Crippen LogP contribution in [0, 0.1) is 0 Å². The summed E-state index contributed by atoms with van der Waals surface area (Å²) in [7, 11) is 1.85. The van der Waals surface area contributed by atoms with Gasteiger partial charge in [0.05, 0.1) is 23.4 Å². The zero-order valence-electron chi connectivity index (χ0n) is 14.9. The Morgan fingerprint density at radius 1 is 1.31 bits per heavy atom. The molecular formula is C17H23Cl2N5O2. The Hall–Kier alpha value is -2.09. The number of pyridine rings is 1. The maximum Gasteiger partial charge on any atom is 0.252 e. The van der Waals surface area contributed by atoms with Crippen LogP contribution in [0.2, 0.25) is 0 Å². The maximum absolute atomic E-state index is 12.6. The zero-order chi connectivity index (χ0) is 17.1. The molecule has 0 bridgehead atoms. The molecule has 9 heteroatoms. The first kappa shape index (κ1) is 22.0. The fourth-order valence-electron chi connectivity index (χ4n) is 2.53. The summed E-state index contributed by atoms with van der Waals surface area (Å²) in [5, 5.41) is 11.0. The van der Waals surface area contributed by atoms with Gasteiger partial charge in [-0.2, -0.15) is 5.10 Å². The molecule has 1 amide bonds. The van der Waals surface area contributed by atoms with Crippen molar-refractivity contribution in [3.63, 3.8) is 0 Å². The predicted octanol–water partition coefficient (Wildman–Crippen LogP) is 3.07. The van der Waals surface area contributed by atoms with E-state index in [0.29, 0.717) is 35.8 Å². The molecule has 7 nitrogen and oxygen atoms in total. The summed E-state index contributed by atoms with van der Waals surface area (Å²) in [6.07, 6.45) is 3.29. The van der Waals surface area contributed by atoms with Crippen LogP contribution >= 0.6 is 24.8 Å². The van der Waals surface area contributed by atoms with Gasteiger partial charge in [-0.25, -0.2) is 9.67 Å². The van der Waals surface area contributed by atoms with Gasteiger partial charge in [0, 0.05) is 19.1 Å². The molecule has 3 aromatic heterocycles. The molecule has 0 atom stereocenters. The van der Waals surface area contributed by atoms with Crippen LogP contribution in [-0.4, -0.2) is 40.8 Å².